The van der Waals surface area contributed by atoms with Gasteiger partial charge in [-0.3, -0.25) is 0 Å². The van der Waals surface area contributed by atoms with Crippen molar-refractivity contribution in [1.82, 2.24) is 9.97 Å². The predicted molar refractivity (Wildman–Crippen MR) is 122 cm³/mol. The van der Waals surface area contributed by atoms with Crippen LogP contribution >= 0.6 is 0 Å². The fraction of sp³-hybridized carbons (Fsp3) is 0.240. The van der Waals surface area contributed by atoms with Crippen molar-refractivity contribution in [3.05, 3.63) is 88.7 Å². The minimum absolute atomic E-state index is 0.249. The Morgan fingerprint density at radius 1 is 1.12 bits per heavy atom. The lowest BCUT2D eigenvalue weighted by atomic mass is 9.80. The first-order valence-electron chi connectivity index (χ1n) is 10.5. The summed E-state index contributed by atoms with van der Waals surface area (Å²) in [6.07, 6.45) is 5.61. The fourth-order valence-electron chi connectivity index (χ4n) is 4.35. The summed E-state index contributed by atoms with van der Waals surface area (Å²) < 4.78 is 19.3. The van der Waals surface area contributed by atoms with Gasteiger partial charge < -0.3 is 15.4 Å². The number of hydrogen-bond donors (Lipinski definition) is 2. The number of nitrogens with one attached hydrogen (secondary N) is 2. The molecule has 2 aromatic carbocycles. The van der Waals surface area contributed by atoms with Crippen molar-refractivity contribution in [1.29, 1.82) is 0 Å². The van der Waals surface area contributed by atoms with E-state index in [9.17, 15) is 4.39 Å². The molecule has 1 unspecified atom stereocenters. The van der Waals surface area contributed by atoms with E-state index in [-0.39, 0.29) is 11.2 Å². The van der Waals surface area contributed by atoms with Crippen LogP contribution in [0.3, 0.4) is 0 Å². The molecule has 0 amide bonds. The smallest absolute Gasteiger partial charge is 0.229 e. The zero-order valence-electron chi connectivity index (χ0n) is 17.7. The van der Waals surface area contributed by atoms with Crippen LogP contribution in [-0.4, -0.2) is 23.1 Å². The lowest BCUT2D eigenvalue weighted by Gasteiger charge is -2.26. The largest absolute Gasteiger partial charge is 0.500 e. The number of aromatic nitrogens is 2. The average molecular weight is 427 g/mol. The number of anilines is 3. The van der Waals surface area contributed by atoms with E-state index in [1.54, 1.807) is 12.1 Å². The number of nitrogens with zero attached hydrogens (tertiary/aromatic N) is 3. The van der Waals surface area contributed by atoms with Crippen LogP contribution in [0.4, 0.5) is 27.5 Å². The Morgan fingerprint density at radius 3 is 2.78 bits per heavy atom. The summed E-state index contributed by atoms with van der Waals surface area (Å²) in [5.41, 5.74) is 3.91. The molecule has 2 aliphatic rings. The highest BCUT2D eigenvalue weighted by molar-refractivity contribution is 5.68. The second kappa shape index (κ2) is 7.97. The summed E-state index contributed by atoms with van der Waals surface area (Å²) in [6, 6.07) is 12.0. The van der Waals surface area contributed by atoms with Gasteiger partial charge in [-0.15, -0.1) is 0 Å². The fourth-order valence-corrected chi connectivity index (χ4v) is 4.35. The minimum Gasteiger partial charge on any atom is -0.500 e. The van der Waals surface area contributed by atoms with Gasteiger partial charge in [0.25, 0.3) is 0 Å². The van der Waals surface area contributed by atoms with Gasteiger partial charge in [0.2, 0.25) is 11.6 Å². The number of benzene rings is 2. The van der Waals surface area contributed by atoms with Crippen LogP contribution in [0, 0.1) is 12.4 Å². The van der Waals surface area contributed by atoms with Gasteiger partial charge in [0.15, 0.2) is 0 Å². The van der Waals surface area contributed by atoms with E-state index < -0.39 is 0 Å². The van der Waals surface area contributed by atoms with Crippen molar-refractivity contribution in [3.8, 4) is 5.75 Å². The maximum atomic E-state index is 13.5. The van der Waals surface area contributed by atoms with E-state index in [0.29, 0.717) is 30.5 Å². The second-order valence-electron chi connectivity index (χ2n) is 8.14. The quantitative estimate of drug-likeness (QED) is 0.395. The second-order valence-corrected chi connectivity index (χ2v) is 8.14. The van der Waals surface area contributed by atoms with Gasteiger partial charge in [-0.25, -0.2) is 14.2 Å². The highest BCUT2D eigenvalue weighted by Gasteiger charge is 2.40. The summed E-state index contributed by atoms with van der Waals surface area (Å²) >= 11 is 0. The Morgan fingerprint density at radius 2 is 1.97 bits per heavy atom. The maximum Gasteiger partial charge on any atom is 0.229 e. The topological polar surface area (TPSA) is 63.4 Å². The average Bonchev–Trinajstić information content (AvgIpc) is 3.14. The van der Waals surface area contributed by atoms with Crippen molar-refractivity contribution >= 4 is 23.1 Å². The van der Waals surface area contributed by atoms with Crippen LogP contribution in [0.2, 0.25) is 0 Å². The molecule has 0 saturated heterocycles. The van der Waals surface area contributed by atoms with E-state index >= 15 is 0 Å². The Balaban J connectivity index is 1.62. The molecule has 3 aromatic rings. The van der Waals surface area contributed by atoms with Crippen LogP contribution in [0.25, 0.3) is 4.85 Å². The van der Waals surface area contributed by atoms with Crippen molar-refractivity contribution in [2.75, 3.05) is 23.8 Å². The maximum absolute atomic E-state index is 13.5. The molecule has 4 bridgehead atoms. The van der Waals surface area contributed by atoms with Crippen LogP contribution in [0.1, 0.15) is 30.2 Å². The monoisotopic (exact) mass is 427 g/mol. The zero-order valence-corrected chi connectivity index (χ0v) is 17.7. The van der Waals surface area contributed by atoms with E-state index in [4.69, 9.17) is 21.3 Å². The normalized spacial score (nSPS) is 20.2. The third-order valence-corrected chi connectivity index (χ3v) is 6.11. The number of hydrogen-bond acceptors (Lipinski definition) is 5. The van der Waals surface area contributed by atoms with Crippen molar-refractivity contribution in [3.63, 3.8) is 0 Å². The number of ether oxygens (including phenoxy) is 1. The van der Waals surface area contributed by atoms with E-state index in [1.807, 2.05) is 30.4 Å². The Hall–Kier alpha value is -3.92. The summed E-state index contributed by atoms with van der Waals surface area (Å²) in [5.74, 6) is 1.53. The molecule has 0 saturated carbocycles. The van der Waals surface area contributed by atoms with Crippen molar-refractivity contribution in [2.45, 2.75) is 25.2 Å². The molecule has 5 rings (SSSR count). The van der Waals surface area contributed by atoms with Crippen LogP contribution in [-0.2, 0) is 11.8 Å². The minimum atomic E-state index is -0.342. The first-order chi connectivity index (χ1) is 15.6. The van der Waals surface area contributed by atoms with Gasteiger partial charge in [-0.1, -0.05) is 24.3 Å². The van der Waals surface area contributed by atoms with Gasteiger partial charge in [0.05, 0.1) is 12.3 Å². The standard InChI is InChI=1S/C25H22FN5O/c1-25(16-5-7-17(26)8-6-16)12-11-19-22(25)30-24-29-18-9-10-20(27-2)21(15-18)32-14-4-3-13-28-23(19)31-24/h3-10,15H,11-14H2,1H3,(H2,28,29,30,31)/b4-3-. The molecular formula is C25H22FN5O. The van der Waals surface area contributed by atoms with E-state index in [2.05, 4.69) is 22.4 Å². The van der Waals surface area contributed by atoms with Gasteiger partial charge in [-0.05, 0) is 55.7 Å². The Bertz CT molecular complexity index is 1250. The van der Waals surface area contributed by atoms with Crippen molar-refractivity contribution < 1.29 is 9.13 Å². The molecule has 0 fully saturated rings. The van der Waals surface area contributed by atoms with Gasteiger partial charge in [0.1, 0.15) is 24.0 Å². The third kappa shape index (κ3) is 3.54. The van der Waals surface area contributed by atoms with E-state index in [1.165, 1.54) is 12.1 Å². The molecular weight excluding hydrogens is 405 g/mol. The summed E-state index contributed by atoms with van der Waals surface area (Å²) in [6.45, 7) is 10.5. The van der Waals surface area contributed by atoms with Crippen LogP contribution in [0.15, 0.2) is 54.6 Å². The van der Waals surface area contributed by atoms with Gasteiger partial charge in [0, 0.05) is 23.2 Å². The van der Waals surface area contributed by atoms with Crippen LogP contribution in [0.5, 0.6) is 5.75 Å². The van der Waals surface area contributed by atoms with E-state index in [0.717, 1.165) is 41.2 Å². The lowest BCUT2D eigenvalue weighted by molar-refractivity contribution is 0.365. The molecule has 0 spiro atoms. The molecule has 1 aromatic heterocycles. The molecule has 160 valence electrons. The Kier molecular flexibility index (Phi) is 4.98. The molecule has 32 heavy (non-hydrogen) atoms. The Labute approximate surface area is 186 Å². The number of fused-ring (bicyclic) bond motifs is 6. The summed E-state index contributed by atoms with van der Waals surface area (Å²) in [4.78, 5) is 13.2. The molecule has 2 heterocycles. The highest BCUT2D eigenvalue weighted by atomic mass is 19.1. The first kappa shape index (κ1) is 20.0. The molecule has 2 N–H and O–H groups in total. The lowest BCUT2D eigenvalue weighted by Crippen LogP contribution is -2.22. The molecule has 6 nitrogen and oxygen atoms in total. The predicted octanol–water partition coefficient (Wildman–Crippen LogP) is 5.52. The molecule has 1 atom stereocenters. The molecule has 0 radical (unpaired) electrons. The molecule has 1 aliphatic heterocycles. The highest BCUT2D eigenvalue weighted by Crippen LogP contribution is 2.45. The van der Waals surface area contributed by atoms with Gasteiger partial charge in [-0.2, -0.15) is 4.98 Å². The summed E-state index contributed by atoms with van der Waals surface area (Å²) in [5, 5.41) is 6.69. The number of halogens is 1. The third-order valence-electron chi connectivity index (χ3n) is 6.11. The first-order valence-corrected chi connectivity index (χ1v) is 10.5. The van der Waals surface area contributed by atoms with Crippen molar-refractivity contribution in [2.24, 2.45) is 0 Å². The number of rotatable bonds is 1. The van der Waals surface area contributed by atoms with Gasteiger partial charge >= 0.3 is 0 Å². The summed E-state index contributed by atoms with van der Waals surface area (Å²) in [7, 11) is 0. The SMILES string of the molecule is [C-]#[N+]c1ccc2cc1OC/C=C\CNc1nc(nc3c1CCC3(C)c1ccc(F)cc1)N2. The molecule has 1 aliphatic carbocycles. The van der Waals surface area contributed by atoms with Crippen LogP contribution < -0.4 is 15.4 Å². The zero-order chi connectivity index (χ0) is 22.1. The molecule has 7 heteroatoms.